The maximum atomic E-state index is 11.4. The van der Waals surface area contributed by atoms with Crippen LogP contribution in [0.4, 0.5) is 5.95 Å². The molecule has 3 rings (SSSR count). The Morgan fingerprint density at radius 1 is 1.35 bits per heavy atom. The molecule has 0 radical (unpaired) electrons. The van der Waals surface area contributed by atoms with Crippen LogP contribution in [0, 0.1) is 0 Å². The first kappa shape index (κ1) is 15.8. The highest BCUT2D eigenvalue weighted by Crippen LogP contribution is 2.33. The van der Waals surface area contributed by atoms with E-state index in [1.165, 1.54) is 18.0 Å². The second-order valence-corrected chi connectivity index (χ2v) is 6.64. The molecule has 23 heavy (non-hydrogen) atoms. The average molecular weight is 331 g/mol. The molecule has 0 amide bonds. The topological polar surface area (TPSA) is 86.5 Å². The number of hydrogen-bond donors (Lipinski definition) is 2. The Labute approximate surface area is 138 Å². The number of aliphatic hydroxyl groups is 1. The lowest BCUT2D eigenvalue weighted by atomic mass is 10.2. The molecule has 0 aliphatic carbocycles. The Balaban J connectivity index is 1.98. The Morgan fingerprint density at radius 3 is 2.70 bits per heavy atom. The molecule has 7 heteroatoms. The summed E-state index contributed by atoms with van der Waals surface area (Å²) in [4.78, 5) is 22.6. The third kappa shape index (κ3) is 3.30. The normalized spacial score (nSPS) is 20.7. The molecule has 1 aromatic heterocycles. The number of carboxylic acids is 1. The molecule has 0 spiro atoms. The van der Waals surface area contributed by atoms with Gasteiger partial charge in [0.1, 0.15) is 16.3 Å². The van der Waals surface area contributed by atoms with Crippen LogP contribution >= 0.6 is 11.8 Å². The van der Waals surface area contributed by atoms with Gasteiger partial charge in [0.05, 0.1) is 0 Å². The lowest BCUT2D eigenvalue weighted by molar-refractivity contribution is 0.0690. The first-order valence-electron chi connectivity index (χ1n) is 7.30. The largest absolute Gasteiger partial charge is 0.478 e. The quantitative estimate of drug-likeness (QED) is 0.833. The lowest BCUT2D eigenvalue weighted by Gasteiger charge is -2.30. The summed E-state index contributed by atoms with van der Waals surface area (Å²) in [6.07, 6.45) is 2.79. The molecule has 1 aliphatic rings. The van der Waals surface area contributed by atoms with E-state index in [0.29, 0.717) is 23.9 Å². The van der Waals surface area contributed by atoms with Gasteiger partial charge in [0.25, 0.3) is 0 Å². The fraction of sp³-hybridized carbons (Fsp3) is 0.312. The number of rotatable bonds is 4. The number of carbonyl (C=O) groups is 1. The van der Waals surface area contributed by atoms with Gasteiger partial charge in [-0.25, -0.2) is 14.8 Å². The van der Waals surface area contributed by atoms with Gasteiger partial charge >= 0.3 is 5.97 Å². The Bertz CT molecular complexity index is 722. The van der Waals surface area contributed by atoms with Gasteiger partial charge in [-0.15, -0.1) is 0 Å². The molecule has 1 unspecified atom stereocenters. The monoisotopic (exact) mass is 331 g/mol. The summed E-state index contributed by atoms with van der Waals surface area (Å²) in [5.74, 6) is -0.709. The highest BCUT2D eigenvalue weighted by Gasteiger charge is 2.36. The number of benzene rings is 1. The first-order chi connectivity index (χ1) is 11.0. The van der Waals surface area contributed by atoms with Gasteiger partial charge in [-0.2, -0.15) is 0 Å². The SMILES string of the molecule is CC1(O)CCCN1c1ncc(C(=O)O)c(Sc2ccccc2)n1. The molecule has 2 heterocycles. The van der Waals surface area contributed by atoms with Crippen LogP contribution in [0.2, 0.25) is 0 Å². The van der Waals surface area contributed by atoms with E-state index in [1.807, 2.05) is 30.3 Å². The van der Waals surface area contributed by atoms with E-state index >= 15 is 0 Å². The zero-order chi connectivity index (χ0) is 16.4. The van der Waals surface area contributed by atoms with Crippen molar-refractivity contribution in [2.75, 3.05) is 11.4 Å². The maximum Gasteiger partial charge on any atom is 0.340 e. The van der Waals surface area contributed by atoms with E-state index < -0.39 is 11.7 Å². The van der Waals surface area contributed by atoms with E-state index in [1.54, 1.807) is 11.8 Å². The van der Waals surface area contributed by atoms with Crippen LogP contribution in [-0.2, 0) is 0 Å². The molecule has 120 valence electrons. The number of aromatic carboxylic acids is 1. The summed E-state index contributed by atoms with van der Waals surface area (Å²) >= 11 is 1.28. The number of carboxylic acid groups (broad SMARTS) is 1. The van der Waals surface area contributed by atoms with E-state index in [4.69, 9.17) is 0 Å². The van der Waals surface area contributed by atoms with E-state index in [2.05, 4.69) is 9.97 Å². The van der Waals surface area contributed by atoms with Crippen molar-refractivity contribution in [3.63, 3.8) is 0 Å². The van der Waals surface area contributed by atoms with Crippen molar-refractivity contribution < 1.29 is 15.0 Å². The Hall–Kier alpha value is -2.12. The van der Waals surface area contributed by atoms with Gasteiger partial charge in [-0.3, -0.25) is 0 Å². The molecule has 2 aromatic rings. The molecular weight excluding hydrogens is 314 g/mol. The van der Waals surface area contributed by atoms with Gasteiger partial charge < -0.3 is 15.1 Å². The van der Waals surface area contributed by atoms with Crippen LogP contribution in [0.3, 0.4) is 0 Å². The van der Waals surface area contributed by atoms with E-state index in [-0.39, 0.29) is 5.56 Å². The van der Waals surface area contributed by atoms with Crippen LogP contribution in [0.1, 0.15) is 30.1 Å². The molecular formula is C16H17N3O3S. The summed E-state index contributed by atoms with van der Waals surface area (Å²) in [7, 11) is 0. The maximum absolute atomic E-state index is 11.4. The summed E-state index contributed by atoms with van der Waals surface area (Å²) in [5, 5.41) is 20.1. The van der Waals surface area contributed by atoms with Gasteiger partial charge in [0, 0.05) is 17.6 Å². The molecule has 0 saturated carbocycles. The molecule has 2 N–H and O–H groups in total. The van der Waals surface area contributed by atoms with Crippen LogP contribution < -0.4 is 4.90 Å². The highest BCUT2D eigenvalue weighted by atomic mass is 32.2. The van der Waals surface area contributed by atoms with Crippen molar-refractivity contribution in [3.8, 4) is 0 Å². The van der Waals surface area contributed by atoms with Gasteiger partial charge in [-0.1, -0.05) is 30.0 Å². The second-order valence-electron chi connectivity index (χ2n) is 5.58. The third-order valence-electron chi connectivity index (χ3n) is 3.78. The van der Waals surface area contributed by atoms with Crippen LogP contribution in [0.5, 0.6) is 0 Å². The Kier molecular flexibility index (Phi) is 4.23. The molecule has 1 saturated heterocycles. The van der Waals surface area contributed by atoms with Crippen LogP contribution in [-0.4, -0.2) is 38.4 Å². The fourth-order valence-corrected chi connectivity index (χ4v) is 3.47. The van der Waals surface area contributed by atoms with Crippen molar-refractivity contribution in [3.05, 3.63) is 42.1 Å². The molecule has 1 aromatic carbocycles. The minimum atomic E-state index is -1.07. The average Bonchev–Trinajstić information content (AvgIpc) is 2.87. The van der Waals surface area contributed by atoms with Crippen molar-refractivity contribution in [1.82, 2.24) is 9.97 Å². The van der Waals surface area contributed by atoms with E-state index in [9.17, 15) is 15.0 Å². The van der Waals surface area contributed by atoms with Gasteiger partial charge in [0.2, 0.25) is 5.95 Å². The van der Waals surface area contributed by atoms with Crippen molar-refractivity contribution in [1.29, 1.82) is 0 Å². The van der Waals surface area contributed by atoms with E-state index in [0.717, 1.165) is 11.3 Å². The fourth-order valence-electron chi connectivity index (χ4n) is 2.58. The Morgan fingerprint density at radius 2 is 2.09 bits per heavy atom. The molecule has 1 fully saturated rings. The molecule has 1 atom stereocenters. The third-order valence-corrected chi connectivity index (χ3v) is 4.80. The lowest BCUT2D eigenvalue weighted by Crippen LogP contribution is -2.42. The number of anilines is 1. The molecule has 6 nitrogen and oxygen atoms in total. The number of aromatic nitrogens is 2. The van der Waals surface area contributed by atoms with Crippen molar-refractivity contribution >= 4 is 23.7 Å². The zero-order valence-corrected chi connectivity index (χ0v) is 13.5. The van der Waals surface area contributed by atoms with Crippen LogP contribution in [0.15, 0.2) is 46.5 Å². The number of hydrogen-bond acceptors (Lipinski definition) is 6. The summed E-state index contributed by atoms with van der Waals surface area (Å²) < 4.78 is 0. The predicted molar refractivity (Wildman–Crippen MR) is 86.8 cm³/mol. The summed E-state index contributed by atoms with van der Waals surface area (Å²) in [6.45, 7) is 2.37. The summed E-state index contributed by atoms with van der Waals surface area (Å²) in [6, 6.07) is 9.45. The van der Waals surface area contributed by atoms with Gasteiger partial charge in [-0.05, 0) is 31.9 Å². The van der Waals surface area contributed by atoms with Crippen LogP contribution in [0.25, 0.3) is 0 Å². The summed E-state index contributed by atoms with van der Waals surface area (Å²) in [5.41, 5.74) is -0.944. The minimum Gasteiger partial charge on any atom is -0.478 e. The standard InChI is InChI=1S/C16H17N3O3S/c1-16(22)8-5-9-19(16)15-17-10-12(14(20)21)13(18-15)23-11-6-3-2-4-7-11/h2-4,6-7,10,22H,5,8-9H2,1H3,(H,20,21). The second kappa shape index (κ2) is 6.17. The number of nitrogens with zero attached hydrogens (tertiary/aromatic N) is 3. The van der Waals surface area contributed by atoms with Crippen molar-refractivity contribution in [2.24, 2.45) is 0 Å². The smallest absolute Gasteiger partial charge is 0.340 e. The van der Waals surface area contributed by atoms with Gasteiger partial charge in [0.15, 0.2) is 0 Å². The highest BCUT2D eigenvalue weighted by molar-refractivity contribution is 7.99. The zero-order valence-electron chi connectivity index (χ0n) is 12.6. The molecule has 0 bridgehead atoms. The predicted octanol–water partition coefficient (Wildman–Crippen LogP) is 2.63. The first-order valence-corrected chi connectivity index (χ1v) is 8.12. The molecule has 1 aliphatic heterocycles. The van der Waals surface area contributed by atoms with Crippen molar-refractivity contribution in [2.45, 2.75) is 35.4 Å². The minimum absolute atomic E-state index is 0.0569.